The second kappa shape index (κ2) is 11.8. The third-order valence-electron chi connectivity index (χ3n) is 13.0. The van der Waals surface area contributed by atoms with Gasteiger partial charge in [0, 0.05) is 44.1 Å². The highest BCUT2D eigenvalue weighted by molar-refractivity contribution is 6.11. The minimum absolute atomic E-state index is 0.0234. The molecule has 7 aromatic carbocycles. The first-order valence-electron chi connectivity index (χ1n) is 20.1. The van der Waals surface area contributed by atoms with Crippen molar-refractivity contribution in [2.75, 3.05) is 4.90 Å². The van der Waals surface area contributed by atoms with Crippen molar-refractivity contribution in [3.8, 4) is 33.4 Å². The van der Waals surface area contributed by atoms with Gasteiger partial charge in [0.2, 0.25) is 0 Å². The summed E-state index contributed by atoms with van der Waals surface area (Å²) in [5, 5.41) is 2.30. The highest BCUT2D eigenvalue weighted by Crippen LogP contribution is 2.55. The number of rotatable bonds is 4. The maximum Gasteiger partial charge on any atom is 0.143 e. The molecule has 0 saturated heterocycles. The summed E-state index contributed by atoms with van der Waals surface area (Å²) >= 11 is 0. The van der Waals surface area contributed by atoms with Crippen molar-refractivity contribution in [2.24, 2.45) is 0 Å². The van der Waals surface area contributed by atoms with Crippen LogP contribution in [0.5, 0.6) is 0 Å². The summed E-state index contributed by atoms with van der Waals surface area (Å²) in [5.74, 6) is 0. The fraction of sp³-hybridized carbons (Fsp3) is 0.222. The molecule has 0 saturated carbocycles. The molecular weight excluding hydrogens is 679 g/mol. The Morgan fingerprint density at radius 1 is 0.482 bits per heavy atom. The van der Waals surface area contributed by atoms with Gasteiger partial charge in [-0.3, -0.25) is 0 Å². The fourth-order valence-electron chi connectivity index (χ4n) is 10.0. The number of fused-ring (bicyclic) bond motifs is 9. The zero-order chi connectivity index (χ0) is 38.9. The van der Waals surface area contributed by atoms with Crippen LogP contribution in [0.25, 0.3) is 55.3 Å². The van der Waals surface area contributed by atoms with Crippen molar-refractivity contribution in [1.29, 1.82) is 0 Å². The standard InChI is InChI=1S/C54H49NO/c1-32-23-28-48(42(29-32)40-19-13-18-39-38-17-12-15-33(2)50(38)56-51(39)40)55(34-24-26-37-36-16-10-11-20-43(36)53(6,7)46(37)30-34)35-25-27-41-47(31-35)54(8,9)45-22-14-21-44(49(41)45)52(3,4)5/h10-31H,1-9H3. The highest BCUT2D eigenvalue weighted by Gasteiger charge is 2.40. The Morgan fingerprint density at radius 2 is 1.07 bits per heavy atom. The van der Waals surface area contributed by atoms with E-state index in [1.807, 2.05) is 0 Å². The largest absolute Gasteiger partial charge is 0.455 e. The normalized spacial score (nSPS) is 14.8. The smallest absolute Gasteiger partial charge is 0.143 e. The molecule has 2 nitrogen and oxygen atoms in total. The maximum absolute atomic E-state index is 6.82. The molecular formula is C54H49NO. The topological polar surface area (TPSA) is 16.4 Å². The summed E-state index contributed by atoms with van der Waals surface area (Å²) < 4.78 is 6.82. The van der Waals surface area contributed by atoms with E-state index in [9.17, 15) is 0 Å². The van der Waals surface area contributed by atoms with Crippen LogP contribution >= 0.6 is 0 Å². The zero-order valence-corrected chi connectivity index (χ0v) is 34.1. The minimum atomic E-state index is -0.164. The van der Waals surface area contributed by atoms with E-state index < -0.39 is 0 Å². The molecule has 0 unspecified atom stereocenters. The van der Waals surface area contributed by atoms with Crippen LogP contribution < -0.4 is 4.90 Å². The average molecular weight is 728 g/mol. The van der Waals surface area contributed by atoms with Crippen LogP contribution in [0.1, 0.15) is 87.4 Å². The van der Waals surface area contributed by atoms with Crippen LogP contribution in [-0.2, 0) is 16.2 Å². The molecule has 56 heavy (non-hydrogen) atoms. The number of hydrogen-bond acceptors (Lipinski definition) is 2. The van der Waals surface area contributed by atoms with Crippen LogP contribution in [0.3, 0.4) is 0 Å². The van der Waals surface area contributed by atoms with Crippen molar-refractivity contribution >= 4 is 39.0 Å². The molecule has 0 radical (unpaired) electrons. The lowest BCUT2D eigenvalue weighted by Gasteiger charge is -2.31. The molecule has 0 aliphatic heterocycles. The second-order valence-corrected chi connectivity index (χ2v) is 18.3. The van der Waals surface area contributed by atoms with Gasteiger partial charge in [0.1, 0.15) is 11.2 Å². The molecule has 8 aromatic rings. The Bertz CT molecular complexity index is 2930. The van der Waals surface area contributed by atoms with Gasteiger partial charge in [0.05, 0.1) is 5.69 Å². The summed E-state index contributed by atoms with van der Waals surface area (Å²) in [5.41, 5.74) is 21.9. The number of benzene rings is 7. The van der Waals surface area contributed by atoms with Gasteiger partial charge in [0.25, 0.3) is 0 Å². The van der Waals surface area contributed by atoms with Gasteiger partial charge in [0.15, 0.2) is 0 Å². The van der Waals surface area contributed by atoms with E-state index >= 15 is 0 Å². The lowest BCUT2D eigenvalue weighted by atomic mass is 9.79. The third-order valence-corrected chi connectivity index (χ3v) is 13.0. The lowest BCUT2D eigenvalue weighted by molar-refractivity contribution is 0.589. The molecule has 0 fully saturated rings. The second-order valence-electron chi connectivity index (χ2n) is 18.3. The van der Waals surface area contributed by atoms with E-state index in [-0.39, 0.29) is 16.2 Å². The number of hydrogen-bond donors (Lipinski definition) is 0. The molecule has 1 heterocycles. The molecule has 276 valence electrons. The molecule has 1 aromatic heterocycles. The molecule has 10 rings (SSSR count). The number of para-hydroxylation sites is 2. The number of aryl methyl sites for hydroxylation is 2. The molecule has 2 aliphatic rings. The molecule has 0 N–H and O–H groups in total. The van der Waals surface area contributed by atoms with Crippen LogP contribution in [0.15, 0.2) is 138 Å². The van der Waals surface area contributed by atoms with Gasteiger partial charge >= 0.3 is 0 Å². The monoisotopic (exact) mass is 727 g/mol. The Morgan fingerprint density at radius 3 is 1.82 bits per heavy atom. The van der Waals surface area contributed by atoms with Crippen molar-refractivity contribution in [2.45, 2.75) is 78.6 Å². The van der Waals surface area contributed by atoms with Gasteiger partial charge in [-0.05, 0) is 111 Å². The first-order valence-corrected chi connectivity index (χ1v) is 20.1. The quantitative estimate of drug-likeness (QED) is 0.179. The van der Waals surface area contributed by atoms with Gasteiger partial charge in [-0.25, -0.2) is 0 Å². The van der Waals surface area contributed by atoms with Gasteiger partial charge in [-0.15, -0.1) is 0 Å². The van der Waals surface area contributed by atoms with E-state index in [0.29, 0.717) is 0 Å². The molecule has 2 heteroatoms. The van der Waals surface area contributed by atoms with Crippen molar-refractivity contribution in [3.05, 3.63) is 172 Å². The maximum atomic E-state index is 6.82. The van der Waals surface area contributed by atoms with Crippen molar-refractivity contribution in [3.63, 3.8) is 0 Å². The average Bonchev–Trinajstić information content (AvgIpc) is 3.76. The van der Waals surface area contributed by atoms with E-state index in [2.05, 4.69) is 201 Å². The van der Waals surface area contributed by atoms with Crippen LogP contribution in [0.2, 0.25) is 0 Å². The van der Waals surface area contributed by atoms with E-state index in [0.717, 1.165) is 55.7 Å². The first-order chi connectivity index (χ1) is 26.7. The molecule has 0 spiro atoms. The summed E-state index contributed by atoms with van der Waals surface area (Å²) in [6, 6.07) is 50.2. The Hall–Kier alpha value is -5.86. The van der Waals surface area contributed by atoms with Crippen LogP contribution in [-0.4, -0.2) is 0 Å². The summed E-state index contributed by atoms with van der Waals surface area (Å²) in [6.07, 6.45) is 0. The van der Waals surface area contributed by atoms with Crippen molar-refractivity contribution < 1.29 is 4.42 Å². The summed E-state index contributed by atoms with van der Waals surface area (Å²) in [4.78, 5) is 2.50. The van der Waals surface area contributed by atoms with Crippen LogP contribution in [0, 0.1) is 13.8 Å². The predicted molar refractivity (Wildman–Crippen MR) is 237 cm³/mol. The highest BCUT2D eigenvalue weighted by atomic mass is 16.3. The Balaban J connectivity index is 1.24. The molecule has 2 aliphatic carbocycles. The first kappa shape index (κ1) is 34.6. The SMILES string of the molecule is Cc1ccc(N(c2ccc3c(c2)C(C)(C)c2ccccc2-3)c2ccc3c(c2)C(C)(C)c2cccc(C(C)(C)C)c2-3)c(-c2cccc3c2oc2c(C)cccc23)c1. The van der Waals surface area contributed by atoms with Crippen molar-refractivity contribution in [1.82, 2.24) is 0 Å². The van der Waals surface area contributed by atoms with E-state index in [1.54, 1.807) is 0 Å². The zero-order valence-electron chi connectivity index (χ0n) is 34.1. The molecule has 0 bridgehead atoms. The Labute approximate surface area is 331 Å². The summed E-state index contributed by atoms with van der Waals surface area (Å²) in [7, 11) is 0. The van der Waals surface area contributed by atoms with E-state index in [4.69, 9.17) is 4.42 Å². The number of nitrogens with zero attached hydrogens (tertiary/aromatic N) is 1. The van der Waals surface area contributed by atoms with Gasteiger partial charge in [-0.2, -0.15) is 0 Å². The van der Waals surface area contributed by atoms with Crippen LogP contribution in [0.4, 0.5) is 17.1 Å². The van der Waals surface area contributed by atoms with E-state index in [1.165, 1.54) is 55.6 Å². The minimum Gasteiger partial charge on any atom is -0.455 e. The van der Waals surface area contributed by atoms with Gasteiger partial charge in [-0.1, -0.05) is 151 Å². The Kier molecular flexibility index (Phi) is 7.31. The van der Waals surface area contributed by atoms with Gasteiger partial charge < -0.3 is 9.32 Å². The lowest BCUT2D eigenvalue weighted by Crippen LogP contribution is -2.18. The molecule has 0 atom stereocenters. The predicted octanol–water partition coefficient (Wildman–Crippen LogP) is 15.2. The third kappa shape index (κ3) is 4.87. The summed E-state index contributed by atoms with van der Waals surface area (Å²) in [6.45, 7) is 20.9. The number of anilines is 3. The fourth-order valence-corrected chi connectivity index (χ4v) is 10.0. The molecule has 0 amide bonds. The number of furan rings is 1.